The number of allylic oxidation sites excluding steroid dienone is 1. The quantitative estimate of drug-likeness (QED) is 0.823. The number of benzene rings is 1. The third-order valence-corrected chi connectivity index (χ3v) is 5.59. The molecule has 146 valence electrons. The van der Waals surface area contributed by atoms with Crippen molar-refractivity contribution in [3.8, 4) is 11.8 Å². The van der Waals surface area contributed by atoms with Crippen molar-refractivity contribution in [3.05, 3.63) is 72.9 Å². The molecule has 0 saturated carbocycles. The molecule has 1 aromatic carbocycles. The maximum absolute atomic E-state index is 13.4. The molecule has 6 nitrogen and oxygen atoms in total. The van der Waals surface area contributed by atoms with E-state index >= 15 is 0 Å². The molecule has 0 saturated heterocycles. The molecule has 1 aliphatic rings. The van der Waals surface area contributed by atoms with Gasteiger partial charge in [0, 0.05) is 24.8 Å². The van der Waals surface area contributed by atoms with Crippen molar-refractivity contribution in [2.45, 2.75) is 19.4 Å². The fraction of sp³-hybridized carbons (Fsp3) is 0.300. The van der Waals surface area contributed by atoms with Crippen LogP contribution in [0.15, 0.2) is 40.5 Å². The van der Waals surface area contributed by atoms with Gasteiger partial charge in [0.15, 0.2) is 0 Å². The number of aromatic nitrogens is 1. The highest BCUT2D eigenvalue weighted by atomic mass is 35.5. The van der Waals surface area contributed by atoms with Crippen LogP contribution in [-0.4, -0.2) is 30.1 Å². The summed E-state index contributed by atoms with van der Waals surface area (Å²) in [5, 5.41) is 10.3. The molecule has 2 aromatic rings. The lowest BCUT2D eigenvalue weighted by molar-refractivity contribution is 0.369. The molecule has 1 aromatic heterocycles. The van der Waals surface area contributed by atoms with Gasteiger partial charge in [0.05, 0.1) is 21.5 Å². The van der Waals surface area contributed by atoms with Crippen LogP contribution in [0.2, 0.25) is 10.0 Å². The number of halogens is 2. The number of nitrogens with zero attached hydrogens (tertiary/aromatic N) is 3. The Balaban J connectivity index is 2.29. The predicted molar refractivity (Wildman–Crippen MR) is 110 cm³/mol. The van der Waals surface area contributed by atoms with Crippen LogP contribution in [0.5, 0.6) is 5.75 Å². The number of nitriles is 1. The summed E-state index contributed by atoms with van der Waals surface area (Å²) >= 11 is 12.6. The molecule has 0 spiro atoms. The standard InChI is InChI=1S/C20H20Cl2N4O2/c1-11-9-15-17(20(27)26(11)8-7-25(2)3)16(13(10-23)19(24)28-15)12-5-4-6-14(21)18(12)22/h4-6,9,16H,7-8,24H2,1-3H3/t16-/m0/s1. The Bertz CT molecular complexity index is 1070. The zero-order valence-corrected chi connectivity index (χ0v) is 17.3. The van der Waals surface area contributed by atoms with Crippen LogP contribution in [0.25, 0.3) is 0 Å². The third-order valence-electron chi connectivity index (χ3n) is 4.75. The van der Waals surface area contributed by atoms with Crippen molar-refractivity contribution in [2.75, 3.05) is 20.6 Å². The van der Waals surface area contributed by atoms with E-state index in [9.17, 15) is 10.1 Å². The van der Waals surface area contributed by atoms with Crippen LogP contribution < -0.4 is 16.0 Å². The zero-order chi connectivity index (χ0) is 20.6. The smallest absolute Gasteiger partial charge is 0.258 e. The van der Waals surface area contributed by atoms with Gasteiger partial charge in [0.25, 0.3) is 5.56 Å². The van der Waals surface area contributed by atoms with Crippen LogP contribution in [0.3, 0.4) is 0 Å². The summed E-state index contributed by atoms with van der Waals surface area (Å²) < 4.78 is 7.31. The highest BCUT2D eigenvalue weighted by molar-refractivity contribution is 6.42. The number of hydrogen-bond donors (Lipinski definition) is 1. The van der Waals surface area contributed by atoms with Gasteiger partial charge >= 0.3 is 0 Å². The summed E-state index contributed by atoms with van der Waals surface area (Å²) in [6.45, 7) is 3.02. The van der Waals surface area contributed by atoms with E-state index in [1.807, 2.05) is 25.9 Å². The minimum absolute atomic E-state index is 0.0408. The van der Waals surface area contributed by atoms with E-state index in [0.717, 1.165) is 5.69 Å². The molecule has 0 bridgehead atoms. The summed E-state index contributed by atoms with van der Waals surface area (Å²) in [6, 6.07) is 8.95. The Hall–Kier alpha value is -2.46. The first-order chi connectivity index (χ1) is 13.3. The Labute approximate surface area is 173 Å². The molecule has 2 N–H and O–H groups in total. The molecule has 0 unspecified atom stereocenters. The number of likely N-dealkylation sites (N-methyl/N-ethyl adjacent to an activating group) is 1. The largest absolute Gasteiger partial charge is 0.440 e. The van der Waals surface area contributed by atoms with Gasteiger partial charge in [-0.15, -0.1) is 0 Å². The van der Waals surface area contributed by atoms with E-state index < -0.39 is 5.92 Å². The maximum Gasteiger partial charge on any atom is 0.258 e. The number of aryl methyl sites for hydroxylation is 1. The number of pyridine rings is 1. The van der Waals surface area contributed by atoms with Crippen molar-refractivity contribution in [2.24, 2.45) is 5.73 Å². The lowest BCUT2D eigenvalue weighted by atomic mass is 9.84. The molecular weight excluding hydrogens is 399 g/mol. The fourth-order valence-electron chi connectivity index (χ4n) is 3.32. The predicted octanol–water partition coefficient (Wildman–Crippen LogP) is 3.24. The van der Waals surface area contributed by atoms with Gasteiger partial charge in [-0.2, -0.15) is 5.26 Å². The van der Waals surface area contributed by atoms with Gasteiger partial charge in [0.1, 0.15) is 17.4 Å². The van der Waals surface area contributed by atoms with E-state index in [1.165, 1.54) is 0 Å². The second kappa shape index (κ2) is 7.88. The fourth-order valence-corrected chi connectivity index (χ4v) is 3.74. The number of hydrogen-bond acceptors (Lipinski definition) is 5. The Morgan fingerprint density at radius 3 is 2.71 bits per heavy atom. The highest BCUT2D eigenvalue weighted by Crippen LogP contribution is 2.44. The molecule has 1 atom stereocenters. The summed E-state index contributed by atoms with van der Waals surface area (Å²) in [5.74, 6) is -0.458. The number of ether oxygens (including phenoxy) is 1. The van der Waals surface area contributed by atoms with Gasteiger partial charge in [-0.05, 0) is 32.6 Å². The molecule has 3 rings (SSSR count). The van der Waals surface area contributed by atoms with E-state index in [0.29, 0.717) is 35.0 Å². The third kappa shape index (κ3) is 3.49. The molecule has 0 aliphatic carbocycles. The molecule has 1 aliphatic heterocycles. The number of nitrogens with two attached hydrogens (primary N) is 1. The van der Waals surface area contributed by atoms with E-state index in [2.05, 4.69) is 6.07 Å². The van der Waals surface area contributed by atoms with Gasteiger partial charge in [-0.1, -0.05) is 35.3 Å². The van der Waals surface area contributed by atoms with Gasteiger partial charge in [-0.3, -0.25) is 4.79 Å². The van der Waals surface area contributed by atoms with Crippen LogP contribution in [0, 0.1) is 18.3 Å². The summed E-state index contributed by atoms with van der Waals surface area (Å²) in [6.07, 6.45) is 0. The summed E-state index contributed by atoms with van der Waals surface area (Å²) in [4.78, 5) is 15.4. The molecule has 0 fully saturated rings. The van der Waals surface area contributed by atoms with Crippen molar-refractivity contribution >= 4 is 23.2 Å². The summed E-state index contributed by atoms with van der Waals surface area (Å²) in [5.41, 5.74) is 7.52. The SMILES string of the molecule is Cc1cc2c(c(=O)n1CCN(C)C)[C@@H](c1cccc(Cl)c1Cl)C(C#N)=C(N)O2. The van der Waals surface area contributed by atoms with Gasteiger partial charge in [-0.25, -0.2) is 0 Å². The van der Waals surface area contributed by atoms with Crippen molar-refractivity contribution < 1.29 is 4.74 Å². The van der Waals surface area contributed by atoms with Crippen LogP contribution >= 0.6 is 23.2 Å². The first kappa shape index (κ1) is 20.3. The maximum atomic E-state index is 13.4. The van der Waals surface area contributed by atoms with E-state index in [-0.39, 0.29) is 22.0 Å². The average Bonchev–Trinajstić information content (AvgIpc) is 2.62. The van der Waals surface area contributed by atoms with Crippen molar-refractivity contribution in [1.29, 1.82) is 5.26 Å². The van der Waals surface area contributed by atoms with E-state index in [4.69, 9.17) is 33.7 Å². The van der Waals surface area contributed by atoms with Crippen LogP contribution in [-0.2, 0) is 6.54 Å². The van der Waals surface area contributed by atoms with Crippen LogP contribution in [0.1, 0.15) is 22.7 Å². The van der Waals surface area contributed by atoms with Crippen molar-refractivity contribution in [3.63, 3.8) is 0 Å². The number of rotatable bonds is 4. The first-order valence-corrected chi connectivity index (χ1v) is 9.42. The second-order valence-corrected chi connectivity index (χ2v) is 7.68. The van der Waals surface area contributed by atoms with Crippen LogP contribution in [0.4, 0.5) is 0 Å². The topological polar surface area (TPSA) is 84.3 Å². The minimum atomic E-state index is -0.751. The van der Waals surface area contributed by atoms with Crippen molar-refractivity contribution in [1.82, 2.24) is 9.47 Å². The summed E-state index contributed by atoms with van der Waals surface area (Å²) in [7, 11) is 3.88. The molecule has 28 heavy (non-hydrogen) atoms. The average molecular weight is 419 g/mol. The molecular formula is C20H20Cl2N4O2. The Morgan fingerprint density at radius 1 is 1.36 bits per heavy atom. The zero-order valence-electron chi connectivity index (χ0n) is 15.8. The highest BCUT2D eigenvalue weighted by Gasteiger charge is 2.35. The lowest BCUT2D eigenvalue weighted by Gasteiger charge is -2.28. The van der Waals surface area contributed by atoms with Gasteiger partial charge in [0.2, 0.25) is 5.88 Å². The lowest BCUT2D eigenvalue weighted by Crippen LogP contribution is -2.34. The molecule has 0 radical (unpaired) electrons. The van der Waals surface area contributed by atoms with E-state index in [1.54, 1.807) is 28.8 Å². The first-order valence-electron chi connectivity index (χ1n) is 8.66. The number of fused-ring (bicyclic) bond motifs is 1. The molecule has 8 heteroatoms. The monoisotopic (exact) mass is 418 g/mol. The molecule has 2 heterocycles. The molecule has 0 amide bonds. The van der Waals surface area contributed by atoms with Gasteiger partial charge < -0.3 is 19.9 Å². The Morgan fingerprint density at radius 2 is 2.07 bits per heavy atom. The Kier molecular flexibility index (Phi) is 5.71. The second-order valence-electron chi connectivity index (χ2n) is 6.89. The normalized spacial score (nSPS) is 16.0. The minimum Gasteiger partial charge on any atom is -0.440 e.